The molecule has 6 nitrogen and oxygen atoms in total. The highest BCUT2D eigenvalue weighted by Crippen LogP contribution is 2.28. The van der Waals surface area contributed by atoms with Gasteiger partial charge in [-0.25, -0.2) is 4.98 Å². The van der Waals surface area contributed by atoms with Crippen LogP contribution in [0.5, 0.6) is 5.88 Å². The van der Waals surface area contributed by atoms with Gasteiger partial charge < -0.3 is 20.9 Å². The van der Waals surface area contributed by atoms with Crippen molar-refractivity contribution in [3.05, 3.63) is 42.2 Å². The molecule has 2 aromatic rings. The summed E-state index contributed by atoms with van der Waals surface area (Å²) in [6, 6.07) is 9.31. The van der Waals surface area contributed by atoms with Gasteiger partial charge in [0.25, 0.3) is 0 Å². The lowest BCUT2D eigenvalue weighted by atomic mass is 10.1. The highest BCUT2D eigenvalue weighted by molar-refractivity contribution is 5.67. The molecule has 0 saturated heterocycles. The van der Waals surface area contributed by atoms with Gasteiger partial charge in [-0.05, 0) is 19.4 Å². The Morgan fingerprint density at radius 1 is 1.24 bits per heavy atom. The molecule has 0 bridgehead atoms. The smallest absolute Gasteiger partial charge is 0.242 e. The first-order valence-corrected chi connectivity index (χ1v) is 6.81. The molecule has 4 N–H and O–H groups in total. The van der Waals surface area contributed by atoms with Gasteiger partial charge in [0, 0.05) is 0 Å². The first-order chi connectivity index (χ1) is 10.1. The molecule has 0 aliphatic rings. The van der Waals surface area contributed by atoms with E-state index in [0.29, 0.717) is 17.4 Å². The van der Waals surface area contributed by atoms with Crippen molar-refractivity contribution in [1.29, 1.82) is 0 Å². The average molecular weight is 288 g/mol. The fourth-order valence-electron chi connectivity index (χ4n) is 1.90. The zero-order chi connectivity index (χ0) is 15.2. The molecule has 0 aliphatic carbocycles. The number of anilines is 2. The maximum atomic E-state index is 9.57. The predicted octanol–water partition coefficient (Wildman–Crippen LogP) is 1.99. The van der Waals surface area contributed by atoms with Crippen LogP contribution in [0.1, 0.15) is 25.5 Å². The Labute approximate surface area is 124 Å². The van der Waals surface area contributed by atoms with Crippen LogP contribution >= 0.6 is 0 Å². The van der Waals surface area contributed by atoms with E-state index in [1.54, 1.807) is 0 Å². The van der Waals surface area contributed by atoms with Gasteiger partial charge in [-0.2, -0.15) is 4.98 Å². The van der Waals surface area contributed by atoms with Crippen molar-refractivity contribution in [2.45, 2.75) is 26.0 Å². The summed E-state index contributed by atoms with van der Waals surface area (Å²) in [5.41, 5.74) is 7.30. The summed E-state index contributed by atoms with van der Waals surface area (Å²) in [5, 5.41) is 12.7. The molecular formula is C15H20N4O2. The second-order valence-corrected chi connectivity index (χ2v) is 4.90. The minimum atomic E-state index is -0.296. The van der Waals surface area contributed by atoms with Crippen LogP contribution in [0, 0.1) is 0 Å². The lowest BCUT2D eigenvalue weighted by molar-refractivity contribution is 0.234. The second-order valence-electron chi connectivity index (χ2n) is 4.90. The number of aliphatic hydroxyl groups excluding tert-OH is 1. The minimum absolute atomic E-state index is 0.0298. The van der Waals surface area contributed by atoms with E-state index in [1.165, 1.54) is 6.33 Å². The molecule has 21 heavy (non-hydrogen) atoms. The van der Waals surface area contributed by atoms with Crippen molar-refractivity contribution in [3.8, 4) is 5.88 Å². The van der Waals surface area contributed by atoms with Crippen molar-refractivity contribution < 1.29 is 9.84 Å². The van der Waals surface area contributed by atoms with E-state index in [1.807, 2.05) is 44.2 Å². The molecule has 2 rings (SSSR count). The monoisotopic (exact) mass is 288 g/mol. The maximum Gasteiger partial charge on any atom is 0.242 e. The average Bonchev–Trinajstić information content (AvgIpc) is 2.48. The molecule has 0 fully saturated rings. The second kappa shape index (κ2) is 6.90. The Balaban J connectivity index is 2.22. The maximum absolute atomic E-state index is 9.57. The molecule has 112 valence electrons. The van der Waals surface area contributed by atoms with Crippen molar-refractivity contribution in [2.24, 2.45) is 0 Å². The van der Waals surface area contributed by atoms with Crippen molar-refractivity contribution in [2.75, 3.05) is 17.7 Å². The molecule has 0 amide bonds. The van der Waals surface area contributed by atoms with E-state index in [2.05, 4.69) is 15.3 Å². The summed E-state index contributed by atoms with van der Waals surface area (Å²) >= 11 is 0. The fourth-order valence-corrected chi connectivity index (χ4v) is 1.90. The number of nitrogens with zero attached hydrogens (tertiary/aromatic N) is 2. The van der Waals surface area contributed by atoms with E-state index in [0.717, 1.165) is 5.56 Å². The van der Waals surface area contributed by atoms with Crippen molar-refractivity contribution in [1.82, 2.24) is 9.97 Å². The summed E-state index contributed by atoms with van der Waals surface area (Å²) in [5.74, 6) is 0.788. The number of nitrogen functional groups attached to an aromatic ring is 1. The Morgan fingerprint density at radius 3 is 2.57 bits per heavy atom. The van der Waals surface area contributed by atoms with Gasteiger partial charge in [0.15, 0.2) is 5.82 Å². The van der Waals surface area contributed by atoms with Crippen LogP contribution in [0.4, 0.5) is 11.5 Å². The molecule has 1 aromatic carbocycles. The summed E-state index contributed by atoms with van der Waals surface area (Å²) in [4.78, 5) is 8.15. The van der Waals surface area contributed by atoms with Crippen molar-refractivity contribution >= 4 is 11.5 Å². The van der Waals surface area contributed by atoms with E-state index in [-0.39, 0.29) is 18.8 Å². The molecule has 0 spiro atoms. The van der Waals surface area contributed by atoms with Gasteiger partial charge >= 0.3 is 0 Å². The normalized spacial score (nSPS) is 12.2. The molecule has 1 heterocycles. The summed E-state index contributed by atoms with van der Waals surface area (Å²) in [6.07, 6.45) is 1.35. The van der Waals surface area contributed by atoms with Crippen LogP contribution in [0.15, 0.2) is 36.7 Å². The van der Waals surface area contributed by atoms with Crippen molar-refractivity contribution in [3.63, 3.8) is 0 Å². The van der Waals surface area contributed by atoms with Crippen LogP contribution in [-0.2, 0) is 0 Å². The number of nitrogens with one attached hydrogen (secondary N) is 1. The van der Waals surface area contributed by atoms with Crippen LogP contribution in [-0.4, -0.2) is 27.8 Å². The molecule has 1 unspecified atom stereocenters. The van der Waals surface area contributed by atoms with Gasteiger partial charge in [-0.15, -0.1) is 0 Å². The Hall–Kier alpha value is -2.34. The molecule has 1 atom stereocenters. The molecule has 0 aliphatic heterocycles. The van der Waals surface area contributed by atoms with Crippen LogP contribution in [0.2, 0.25) is 0 Å². The van der Waals surface area contributed by atoms with Crippen LogP contribution < -0.4 is 15.8 Å². The Kier molecular flexibility index (Phi) is 4.94. The molecule has 1 aromatic heterocycles. The number of rotatable bonds is 6. The molecule has 6 heteroatoms. The summed E-state index contributed by atoms with van der Waals surface area (Å²) in [6.45, 7) is 3.72. The van der Waals surface area contributed by atoms with Gasteiger partial charge in [-0.1, -0.05) is 30.3 Å². The van der Waals surface area contributed by atoms with E-state index in [9.17, 15) is 5.11 Å². The third-order valence-electron chi connectivity index (χ3n) is 2.89. The largest absolute Gasteiger partial charge is 0.473 e. The summed E-state index contributed by atoms with van der Waals surface area (Å²) < 4.78 is 5.53. The molecule has 0 radical (unpaired) electrons. The number of hydrogen-bond acceptors (Lipinski definition) is 6. The first-order valence-electron chi connectivity index (χ1n) is 6.81. The minimum Gasteiger partial charge on any atom is -0.473 e. The third kappa shape index (κ3) is 3.82. The number of aromatic nitrogens is 2. The van der Waals surface area contributed by atoms with E-state index in [4.69, 9.17) is 10.5 Å². The highest BCUT2D eigenvalue weighted by Gasteiger charge is 2.15. The van der Waals surface area contributed by atoms with Gasteiger partial charge in [-0.3, -0.25) is 0 Å². The van der Waals surface area contributed by atoms with Gasteiger partial charge in [0.2, 0.25) is 5.88 Å². The number of aliphatic hydroxyl groups is 1. The van der Waals surface area contributed by atoms with Gasteiger partial charge in [0.05, 0.1) is 18.8 Å². The standard InChI is InChI=1S/C15H20N4O2/c1-10(2)21-15-13(16)14(17-9-18-15)19-12(8-20)11-6-4-3-5-7-11/h3-7,9-10,12,20H,8,16H2,1-2H3,(H,17,18,19). The fraction of sp³-hybridized carbons (Fsp3) is 0.333. The quantitative estimate of drug-likeness (QED) is 0.752. The third-order valence-corrected chi connectivity index (χ3v) is 2.89. The zero-order valence-electron chi connectivity index (χ0n) is 12.2. The van der Waals surface area contributed by atoms with Crippen LogP contribution in [0.25, 0.3) is 0 Å². The lowest BCUT2D eigenvalue weighted by Gasteiger charge is -2.19. The molecule has 0 saturated carbocycles. The number of hydrogen-bond donors (Lipinski definition) is 3. The van der Waals surface area contributed by atoms with Gasteiger partial charge in [0.1, 0.15) is 12.0 Å². The number of ether oxygens (including phenoxy) is 1. The Morgan fingerprint density at radius 2 is 1.95 bits per heavy atom. The SMILES string of the molecule is CC(C)Oc1ncnc(NC(CO)c2ccccc2)c1N. The number of nitrogens with two attached hydrogens (primary N) is 1. The topological polar surface area (TPSA) is 93.3 Å². The van der Waals surface area contributed by atoms with E-state index >= 15 is 0 Å². The Bertz CT molecular complexity index is 575. The lowest BCUT2D eigenvalue weighted by Crippen LogP contribution is -2.18. The summed E-state index contributed by atoms with van der Waals surface area (Å²) in [7, 11) is 0. The van der Waals surface area contributed by atoms with E-state index < -0.39 is 0 Å². The zero-order valence-corrected chi connectivity index (χ0v) is 12.2. The highest BCUT2D eigenvalue weighted by atomic mass is 16.5. The molecular weight excluding hydrogens is 268 g/mol. The number of benzene rings is 1. The first kappa shape index (κ1) is 15.1. The predicted molar refractivity (Wildman–Crippen MR) is 82.1 cm³/mol. The van der Waals surface area contributed by atoms with Crippen LogP contribution in [0.3, 0.4) is 0 Å².